The summed E-state index contributed by atoms with van der Waals surface area (Å²) in [6.07, 6.45) is 1.01. The van der Waals surface area contributed by atoms with Gasteiger partial charge in [-0.1, -0.05) is 6.07 Å². The fourth-order valence-electron chi connectivity index (χ4n) is 4.68. The number of amides is 3. The van der Waals surface area contributed by atoms with E-state index in [4.69, 9.17) is 4.74 Å². The van der Waals surface area contributed by atoms with Gasteiger partial charge in [0.05, 0.1) is 7.11 Å². The van der Waals surface area contributed by atoms with E-state index in [1.807, 2.05) is 12.1 Å². The number of benzene rings is 1. The van der Waals surface area contributed by atoms with E-state index in [1.165, 1.54) is 10.4 Å². The molecule has 3 aliphatic rings. The van der Waals surface area contributed by atoms with Gasteiger partial charge in [-0.3, -0.25) is 19.7 Å². The van der Waals surface area contributed by atoms with Crippen molar-refractivity contribution in [3.63, 3.8) is 0 Å². The molecule has 30 heavy (non-hydrogen) atoms. The van der Waals surface area contributed by atoms with Gasteiger partial charge in [0.2, 0.25) is 11.8 Å². The highest BCUT2D eigenvalue weighted by Gasteiger charge is 2.52. The SMILES string of the molecule is COc1ccc2c(c1)C(=O)N(CC1(c3cc4c(s3)CCN(C)C4)CC(=O)NC1=O)C2. The number of likely N-dealkylation sites (N-methyl/N-ethyl adjacent to an activating group) is 1. The zero-order valence-electron chi connectivity index (χ0n) is 17.0. The van der Waals surface area contributed by atoms with E-state index in [2.05, 4.69) is 23.3 Å². The van der Waals surface area contributed by atoms with E-state index in [0.717, 1.165) is 30.0 Å². The molecule has 156 valence electrons. The average molecular weight is 426 g/mol. The van der Waals surface area contributed by atoms with Crippen LogP contribution in [0.2, 0.25) is 0 Å². The van der Waals surface area contributed by atoms with Crippen LogP contribution < -0.4 is 10.1 Å². The van der Waals surface area contributed by atoms with Crippen molar-refractivity contribution < 1.29 is 19.1 Å². The van der Waals surface area contributed by atoms with Crippen molar-refractivity contribution in [2.24, 2.45) is 0 Å². The van der Waals surface area contributed by atoms with E-state index in [-0.39, 0.29) is 30.7 Å². The molecule has 3 aliphatic heterocycles. The smallest absolute Gasteiger partial charge is 0.254 e. The molecule has 0 saturated carbocycles. The average Bonchev–Trinajstić information content (AvgIpc) is 3.36. The van der Waals surface area contributed by atoms with Crippen LogP contribution in [0, 0.1) is 0 Å². The number of fused-ring (bicyclic) bond motifs is 2. The molecule has 0 radical (unpaired) electrons. The fourth-order valence-corrected chi connectivity index (χ4v) is 6.02. The normalized spacial score (nSPS) is 23.5. The Labute approximate surface area is 178 Å². The van der Waals surface area contributed by atoms with Crippen LogP contribution in [-0.4, -0.2) is 54.8 Å². The molecule has 3 amide bonds. The fraction of sp³-hybridized carbons (Fsp3) is 0.409. The number of nitrogens with one attached hydrogen (secondary N) is 1. The van der Waals surface area contributed by atoms with E-state index >= 15 is 0 Å². The van der Waals surface area contributed by atoms with Crippen molar-refractivity contribution in [2.45, 2.75) is 31.3 Å². The Morgan fingerprint density at radius 2 is 2.00 bits per heavy atom. The second kappa shape index (κ2) is 6.92. The summed E-state index contributed by atoms with van der Waals surface area (Å²) in [6, 6.07) is 7.54. The minimum atomic E-state index is -1.03. The van der Waals surface area contributed by atoms with Gasteiger partial charge in [0.25, 0.3) is 5.91 Å². The summed E-state index contributed by atoms with van der Waals surface area (Å²) in [5.41, 5.74) is 1.70. The molecular formula is C22H23N3O4S. The summed E-state index contributed by atoms with van der Waals surface area (Å²) >= 11 is 1.62. The molecule has 1 atom stereocenters. The molecule has 1 aromatic heterocycles. The first-order chi connectivity index (χ1) is 14.4. The van der Waals surface area contributed by atoms with Gasteiger partial charge >= 0.3 is 0 Å². The summed E-state index contributed by atoms with van der Waals surface area (Å²) in [4.78, 5) is 44.5. The van der Waals surface area contributed by atoms with Crippen LogP contribution in [0.15, 0.2) is 24.3 Å². The first kappa shape index (κ1) is 19.3. The lowest BCUT2D eigenvalue weighted by Gasteiger charge is -2.29. The third kappa shape index (κ3) is 2.94. The Morgan fingerprint density at radius 1 is 1.17 bits per heavy atom. The van der Waals surface area contributed by atoms with Crippen LogP contribution in [0.4, 0.5) is 0 Å². The van der Waals surface area contributed by atoms with E-state index < -0.39 is 5.41 Å². The van der Waals surface area contributed by atoms with Crippen molar-refractivity contribution >= 4 is 29.1 Å². The molecule has 1 aromatic carbocycles. The lowest BCUT2D eigenvalue weighted by atomic mass is 9.83. The zero-order valence-corrected chi connectivity index (χ0v) is 17.8. The molecule has 0 spiro atoms. The highest BCUT2D eigenvalue weighted by atomic mass is 32.1. The summed E-state index contributed by atoms with van der Waals surface area (Å²) in [5, 5.41) is 2.48. The summed E-state index contributed by atoms with van der Waals surface area (Å²) < 4.78 is 5.25. The van der Waals surface area contributed by atoms with Gasteiger partial charge < -0.3 is 14.5 Å². The number of nitrogens with zero attached hydrogens (tertiary/aromatic N) is 2. The van der Waals surface area contributed by atoms with E-state index in [1.54, 1.807) is 29.4 Å². The number of ether oxygens (including phenoxy) is 1. The van der Waals surface area contributed by atoms with Crippen LogP contribution in [-0.2, 0) is 34.5 Å². The lowest BCUT2D eigenvalue weighted by Crippen LogP contribution is -2.45. The van der Waals surface area contributed by atoms with Crippen molar-refractivity contribution in [3.05, 3.63) is 50.7 Å². The van der Waals surface area contributed by atoms with Crippen molar-refractivity contribution in [2.75, 3.05) is 27.2 Å². The number of thiophene rings is 1. The zero-order chi connectivity index (χ0) is 21.0. The summed E-state index contributed by atoms with van der Waals surface area (Å²) in [6.45, 7) is 2.43. The molecule has 0 bridgehead atoms. The Hall–Kier alpha value is -2.71. The maximum absolute atomic E-state index is 13.1. The number of carbonyl (C=O) groups excluding carboxylic acids is 3. The third-order valence-electron chi connectivity index (χ3n) is 6.34. The molecule has 5 rings (SSSR count). The largest absolute Gasteiger partial charge is 0.497 e. The van der Waals surface area contributed by atoms with E-state index in [9.17, 15) is 14.4 Å². The topological polar surface area (TPSA) is 79.0 Å². The number of hydrogen-bond donors (Lipinski definition) is 1. The molecule has 7 nitrogen and oxygen atoms in total. The molecule has 8 heteroatoms. The third-order valence-corrected chi connectivity index (χ3v) is 7.78. The number of carbonyl (C=O) groups is 3. The Kier molecular flexibility index (Phi) is 4.44. The number of rotatable bonds is 4. The first-order valence-electron chi connectivity index (χ1n) is 10.0. The van der Waals surface area contributed by atoms with Gasteiger partial charge in [-0.2, -0.15) is 0 Å². The van der Waals surface area contributed by atoms with Crippen molar-refractivity contribution in [1.29, 1.82) is 0 Å². The maximum Gasteiger partial charge on any atom is 0.254 e. The lowest BCUT2D eigenvalue weighted by molar-refractivity contribution is -0.126. The maximum atomic E-state index is 13.1. The Morgan fingerprint density at radius 3 is 2.73 bits per heavy atom. The summed E-state index contributed by atoms with van der Waals surface area (Å²) in [5.74, 6) is -0.0888. The number of imide groups is 1. The quantitative estimate of drug-likeness (QED) is 0.755. The van der Waals surface area contributed by atoms with Crippen LogP contribution in [0.25, 0.3) is 0 Å². The van der Waals surface area contributed by atoms with Crippen LogP contribution in [0.3, 0.4) is 0 Å². The first-order valence-corrected chi connectivity index (χ1v) is 10.8. The highest BCUT2D eigenvalue weighted by Crippen LogP contribution is 2.42. The molecule has 1 fully saturated rings. The van der Waals surface area contributed by atoms with Gasteiger partial charge in [-0.25, -0.2) is 0 Å². The second-order valence-corrected chi connectivity index (χ2v) is 9.50. The minimum Gasteiger partial charge on any atom is -0.497 e. The molecule has 0 aliphatic carbocycles. The van der Waals surface area contributed by atoms with Gasteiger partial charge in [-0.05, 0) is 42.8 Å². The van der Waals surface area contributed by atoms with E-state index in [0.29, 0.717) is 17.9 Å². The molecule has 1 saturated heterocycles. The second-order valence-electron chi connectivity index (χ2n) is 8.37. The van der Waals surface area contributed by atoms with Gasteiger partial charge in [0, 0.05) is 47.9 Å². The highest BCUT2D eigenvalue weighted by molar-refractivity contribution is 7.12. The van der Waals surface area contributed by atoms with Gasteiger partial charge in [0.1, 0.15) is 11.2 Å². The van der Waals surface area contributed by atoms with Gasteiger partial charge in [0.15, 0.2) is 0 Å². The molecule has 1 unspecified atom stereocenters. The van der Waals surface area contributed by atoms with Crippen LogP contribution in [0.5, 0.6) is 5.75 Å². The minimum absolute atomic E-state index is 0.0739. The number of methoxy groups -OCH3 is 1. The standard InChI is InChI=1S/C22H23N3O4S/c1-24-6-5-17-14(10-24)7-18(30-17)22(9-19(26)23-21(22)28)12-25-11-13-3-4-15(29-2)8-16(13)20(25)27/h3-4,7-8H,5-6,9-12H2,1-2H3,(H,23,26,28). The van der Waals surface area contributed by atoms with Crippen molar-refractivity contribution in [3.8, 4) is 5.75 Å². The molecular weight excluding hydrogens is 402 g/mol. The monoisotopic (exact) mass is 425 g/mol. The molecule has 2 aromatic rings. The predicted molar refractivity (Wildman–Crippen MR) is 112 cm³/mol. The van der Waals surface area contributed by atoms with Crippen LogP contribution >= 0.6 is 11.3 Å². The van der Waals surface area contributed by atoms with Gasteiger partial charge in [-0.15, -0.1) is 11.3 Å². The number of hydrogen-bond acceptors (Lipinski definition) is 6. The van der Waals surface area contributed by atoms with Crippen molar-refractivity contribution in [1.82, 2.24) is 15.1 Å². The van der Waals surface area contributed by atoms with Crippen LogP contribution in [0.1, 0.15) is 37.7 Å². The molecule has 4 heterocycles. The Balaban J connectivity index is 1.50. The molecule has 1 N–H and O–H groups in total. The Bertz CT molecular complexity index is 1080. The predicted octanol–water partition coefficient (Wildman–Crippen LogP) is 1.68. The summed E-state index contributed by atoms with van der Waals surface area (Å²) in [7, 11) is 3.65.